The summed E-state index contributed by atoms with van der Waals surface area (Å²) in [5.74, 6) is -1.84. The average Bonchev–Trinajstić information content (AvgIpc) is 2.67. The highest BCUT2D eigenvalue weighted by Crippen LogP contribution is 2.37. The molecule has 1 amide bonds. The fraction of sp³-hybridized carbons (Fsp3) is 0.316. The van der Waals surface area contributed by atoms with Crippen LogP contribution in [0.15, 0.2) is 48.7 Å². The molecule has 0 aliphatic carbocycles. The van der Waals surface area contributed by atoms with Crippen molar-refractivity contribution in [2.75, 3.05) is 13.1 Å². The van der Waals surface area contributed by atoms with Gasteiger partial charge in [-0.05, 0) is 30.5 Å². The Morgan fingerprint density at radius 1 is 1.04 bits per heavy atom. The third kappa shape index (κ3) is 3.51. The summed E-state index contributed by atoms with van der Waals surface area (Å²) in [5.41, 5.74) is -2.28. The Balaban J connectivity index is 1.84. The molecule has 1 aliphatic rings. The quantitative estimate of drug-likeness (QED) is 0.889. The number of amides is 1. The van der Waals surface area contributed by atoms with Crippen LogP contribution >= 0.6 is 0 Å². The zero-order valence-corrected chi connectivity index (χ0v) is 14.2. The standard InChI is InChI=1S/C19H17F3N2O3/c20-19(21,22)14-7-4-10-23-15(14)16(25)24-11-8-18(9-12-24,17(26)27)13-5-2-1-3-6-13/h1-7,10H,8-9,11-12H2,(H,26,27). The van der Waals surface area contributed by atoms with E-state index in [2.05, 4.69) is 4.98 Å². The minimum absolute atomic E-state index is 0.0356. The minimum atomic E-state index is -4.69. The van der Waals surface area contributed by atoms with Gasteiger partial charge in [-0.3, -0.25) is 14.6 Å². The van der Waals surface area contributed by atoms with E-state index in [1.807, 2.05) is 0 Å². The number of carbonyl (C=O) groups excluding carboxylic acids is 1. The number of piperidine rings is 1. The number of aliphatic carboxylic acids is 1. The van der Waals surface area contributed by atoms with E-state index in [9.17, 15) is 27.9 Å². The van der Waals surface area contributed by atoms with Crippen molar-refractivity contribution in [3.63, 3.8) is 0 Å². The fourth-order valence-electron chi connectivity index (χ4n) is 3.43. The second-order valence-corrected chi connectivity index (χ2v) is 6.44. The average molecular weight is 378 g/mol. The van der Waals surface area contributed by atoms with Crippen LogP contribution in [0.3, 0.4) is 0 Å². The highest BCUT2D eigenvalue weighted by molar-refractivity contribution is 5.94. The van der Waals surface area contributed by atoms with Crippen molar-refractivity contribution < 1.29 is 27.9 Å². The largest absolute Gasteiger partial charge is 0.481 e. The molecule has 0 spiro atoms. The van der Waals surface area contributed by atoms with Gasteiger partial charge in [0.1, 0.15) is 5.69 Å². The second-order valence-electron chi connectivity index (χ2n) is 6.44. The summed E-state index contributed by atoms with van der Waals surface area (Å²) >= 11 is 0. The van der Waals surface area contributed by atoms with E-state index in [1.54, 1.807) is 30.3 Å². The maximum atomic E-state index is 13.1. The Hall–Kier alpha value is -2.90. The van der Waals surface area contributed by atoms with E-state index in [1.165, 1.54) is 4.90 Å². The molecule has 2 heterocycles. The van der Waals surface area contributed by atoms with Crippen LogP contribution in [-0.2, 0) is 16.4 Å². The lowest BCUT2D eigenvalue weighted by Crippen LogP contribution is -2.49. The third-order valence-corrected chi connectivity index (χ3v) is 4.96. The van der Waals surface area contributed by atoms with Crippen molar-refractivity contribution in [2.24, 2.45) is 0 Å². The number of halogens is 3. The molecule has 8 heteroatoms. The Morgan fingerprint density at radius 3 is 2.22 bits per heavy atom. The van der Waals surface area contributed by atoms with Crippen LogP contribution in [0.5, 0.6) is 0 Å². The molecule has 1 N–H and O–H groups in total. The predicted molar refractivity (Wildman–Crippen MR) is 90.1 cm³/mol. The van der Waals surface area contributed by atoms with E-state index < -0.39 is 34.7 Å². The van der Waals surface area contributed by atoms with Crippen molar-refractivity contribution in [1.82, 2.24) is 9.88 Å². The maximum absolute atomic E-state index is 13.1. The number of carboxylic acid groups (broad SMARTS) is 1. The van der Waals surface area contributed by atoms with E-state index in [-0.39, 0.29) is 25.9 Å². The molecule has 1 fully saturated rings. The Kier molecular flexibility index (Phi) is 4.91. The van der Waals surface area contributed by atoms with Crippen LogP contribution in [0.2, 0.25) is 0 Å². The van der Waals surface area contributed by atoms with Crippen molar-refractivity contribution in [1.29, 1.82) is 0 Å². The van der Waals surface area contributed by atoms with E-state index in [0.29, 0.717) is 5.56 Å². The van der Waals surface area contributed by atoms with Gasteiger partial charge in [-0.1, -0.05) is 30.3 Å². The molecule has 2 aromatic rings. The predicted octanol–water partition coefficient (Wildman–Crippen LogP) is 3.36. The summed E-state index contributed by atoms with van der Waals surface area (Å²) < 4.78 is 39.4. The first-order chi connectivity index (χ1) is 12.8. The summed E-state index contributed by atoms with van der Waals surface area (Å²) in [6.45, 7) is 0.0712. The number of hydrogen-bond donors (Lipinski definition) is 1. The molecule has 27 heavy (non-hydrogen) atoms. The highest BCUT2D eigenvalue weighted by Gasteiger charge is 2.45. The molecule has 1 saturated heterocycles. The Labute approximate surface area is 153 Å². The van der Waals surface area contributed by atoms with Gasteiger partial charge in [0.15, 0.2) is 0 Å². The lowest BCUT2D eigenvalue weighted by Gasteiger charge is -2.39. The van der Waals surface area contributed by atoms with Gasteiger partial charge in [0.2, 0.25) is 0 Å². The first kappa shape index (κ1) is 18.9. The molecule has 0 unspecified atom stereocenters. The van der Waals surface area contributed by atoms with Crippen molar-refractivity contribution in [3.05, 3.63) is 65.5 Å². The van der Waals surface area contributed by atoms with Gasteiger partial charge in [-0.25, -0.2) is 0 Å². The van der Waals surface area contributed by atoms with E-state index in [4.69, 9.17) is 0 Å². The normalized spacial score (nSPS) is 16.8. The number of carboxylic acids is 1. The fourth-order valence-corrected chi connectivity index (χ4v) is 3.43. The van der Waals surface area contributed by atoms with Crippen LogP contribution in [0.4, 0.5) is 13.2 Å². The highest BCUT2D eigenvalue weighted by atomic mass is 19.4. The molecule has 0 saturated carbocycles. The molecule has 0 bridgehead atoms. The van der Waals surface area contributed by atoms with E-state index in [0.717, 1.165) is 18.3 Å². The smallest absolute Gasteiger partial charge is 0.418 e. The number of alkyl halides is 3. The number of carbonyl (C=O) groups is 2. The van der Waals surface area contributed by atoms with Gasteiger partial charge in [0, 0.05) is 19.3 Å². The molecule has 5 nitrogen and oxygen atoms in total. The zero-order valence-electron chi connectivity index (χ0n) is 14.2. The monoisotopic (exact) mass is 378 g/mol. The van der Waals surface area contributed by atoms with Crippen molar-refractivity contribution >= 4 is 11.9 Å². The summed E-state index contributed by atoms with van der Waals surface area (Å²) in [6, 6.07) is 10.6. The van der Waals surface area contributed by atoms with Gasteiger partial charge in [0.25, 0.3) is 5.91 Å². The number of nitrogens with zero attached hydrogens (tertiary/aromatic N) is 2. The number of likely N-dealkylation sites (tertiary alicyclic amines) is 1. The van der Waals surface area contributed by atoms with Crippen LogP contribution in [0, 0.1) is 0 Å². The van der Waals surface area contributed by atoms with Crippen LogP contribution in [-0.4, -0.2) is 40.0 Å². The molecular weight excluding hydrogens is 361 g/mol. The minimum Gasteiger partial charge on any atom is -0.481 e. The Morgan fingerprint density at radius 2 is 1.67 bits per heavy atom. The molecule has 1 aromatic carbocycles. The topological polar surface area (TPSA) is 70.5 Å². The molecular formula is C19H17F3N2O3. The van der Waals surface area contributed by atoms with Gasteiger partial charge < -0.3 is 10.0 Å². The SMILES string of the molecule is O=C(c1ncccc1C(F)(F)F)N1CCC(C(=O)O)(c2ccccc2)CC1. The summed E-state index contributed by atoms with van der Waals surface area (Å²) in [5, 5.41) is 9.77. The van der Waals surface area contributed by atoms with Gasteiger partial charge in [-0.15, -0.1) is 0 Å². The number of hydrogen-bond acceptors (Lipinski definition) is 3. The zero-order chi connectivity index (χ0) is 19.7. The molecule has 3 rings (SSSR count). The maximum Gasteiger partial charge on any atom is 0.418 e. The van der Waals surface area contributed by atoms with Crippen molar-refractivity contribution in [3.8, 4) is 0 Å². The lowest BCUT2D eigenvalue weighted by atomic mass is 9.73. The second kappa shape index (κ2) is 7.02. The van der Waals surface area contributed by atoms with Crippen molar-refractivity contribution in [2.45, 2.75) is 24.4 Å². The molecule has 1 aliphatic heterocycles. The third-order valence-electron chi connectivity index (χ3n) is 4.96. The van der Waals surface area contributed by atoms with E-state index >= 15 is 0 Å². The summed E-state index contributed by atoms with van der Waals surface area (Å²) in [7, 11) is 0. The number of benzene rings is 1. The molecule has 142 valence electrons. The summed E-state index contributed by atoms with van der Waals surface area (Å²) in [6.07, 6.45) is -3.32. The molecule has 1 aromatic heterocycles. The Bertz CT molecular complexity index is 845. The number of rotatable bonds is 3. The number of aromatic nitrogens is 1. The van der Waals surface area contributed by atoms with Gasteiger partial charge >= 0.3 is 12.1 Å². The van der Waals surface area contributed by atoms with Crippen LogP contribution < -0.4 is 0 Å². The van der Waals surface area contributed by atoms with Gasteiger partial charge in [0.05, 0.1) is 11.0 Å². The molecule has 0 radical (unpaired) electrons. The van der Waals surface area contributed by atoms with Gasteiger partial charge in [-0.2, -0.15) is 13.2 Å². The number of pyridine rings is 1. The lowest BCUT2D eigenvalue weighted by molar-refractivity contribution is -0.145. The first-order valence-electron chi connectivity index (χ1n) is 8.36. The van der Waals surface area contributed by atoms with Crippen LogP contribution in [0.1, 0.15) is 34.5 Å². The summed E-state index contributed by atoms with van der Waals surface area (Å²) in [4.78, 5) is 29.4. The van der Waals surface area contributed by atoms with Crippen LogP contribution in [0.25, 0.3) is 0 Å². The first-order valence-corrected chi connectivity index (χ1v) is 8.36. The molecule has 0 atom stereocenters.